The number of aromatic nitrogens is 4. The van der Waals surface area contributed by atoms with Crippen molar-refractivity contribution in [1.29, 1.82) is 0 Å². The molecule has 0 fully saturated rings. The molecule has 0 atom stereocenters. The summed E-state index contributed by atoms with van der Waals surface area (Å²) in [5.41, 5.74) is 12.0. The lowest BCUT2D eigenvalue weighted by atomic mass is 10.1. The van der Waals surface area contributed by atoms with Gasteiger partial charge in [0, 0.05) is 45.9 Å². The van der Waals surface area contributed by atoms with Crippen molar-refractivity contribution in [3.05, 3.63) is 53.7 Å². The lowest BCUT2D eigenvalue weighted by Crippen LogP contribution is -2.29. The monoisotopic (exact) mass is 520 g/mol. The Morgan fingerprint density at radius 1 is 1.16 bits per heavy atom. The van der Waals surface area contributed by atoms with Crippen LogP contribution in [0, 0.1) is 6.92 Å². The molecule has 2 aromatic carbocycles. The van der Waals surface area contributed by atoms with E-state index in [4.69, 9.17) is 15.5 Å². The molecule has 3 N–H and O–H groups in total. The van der Waals surface area contributed by atoms with Crippen LogP contribution in [0.3, 0.4) is 0 Å². The standard InChI is InChI=1S/C28H36N8O2.H2/c1-17(2)38-27(37)20-16-30-28(32-25(20)26-19-10-8-9-11-23(19)36(7)33-26)31-22-15-21(29)24(14-18(22)3)35(6)13-12-34(4)5;/h8-11,14-17H,12-13,29H2,1-7H3,(H,30,31,32);1H/i;1+2. The number of aryl methyl sites for hydroxylation is 2. The summed E-state index contributed by atoms with van der Waals surface area (Å²) in [5, 5.41) is 8.85. The number of carbonyl (C=O) groups is 1. The number of para-hydroxylation sites is 1. The SMILES string of the molecule is Cc1cc(N(C)CCN(C)C)c(N)cc1Nc1ncc(C(=O)OC(C)C)c(-c2nn(C)c3ccccc23)n1.[3HH]. The topological polar surface area (TPSA) is 114 Å². The summed E-state index contributed by atoms with van der Waals surface area (Å²) in [6.45, 7) is 7.38. The maximum absolute atomic E-state index is 13.0. The van der Waals surface area contributed by atoms with E-state index in [-0.39, 0.29) is 13.1 Å². The van der Waals surface area contributed by atoms with E-state index < -0.39 is 5.97 Å². The smallest absolute Gasteiger partial charge is 0.342 e. The summed E-state index contributed by atoms with van der Waals surface area (Å²) in [5.74, 6) is -0.172. The number of benzene rings is 2. The van der Waals surface area contributed by atoms with Gasteiger partial charge in [0.25, 0.3) is 0 Å². The number of ether oxygens (including phenoxy) is 1. The van der Waals surface area contributed by atoms with E-state index >= 15 is 0 Å². The Labute approximate surface area is 224 Å². The van der Waals surface area contributed by atoms with Crippen LogP contribution in [-0.4, -0.2) is 71.0 Å². The first-order chi connectivity index (χ1) is 18.0. The summed E-state index contributed by atoms with van der Waals surface area (Å²) in [4.78, 5) is 26.4. The first-order valence-electron chi connectivity index (χ1n) is 12.6. The predicted octanol–water partition coefficient (Wildman–Crippen LogP) is 4.47. The zero-order valence-electron chi connectivity index (χ0n) is 23.1. The summed E-state index contributed by atoms with van der Waals surface area (Å²) >= 11 is 0. The second kappa shape index (κ2) is 11.1. The summed E-state index contributed by atoms with van der Waals surface area (Å²) < 4.78 is 7.25. The number of nitrogen functional groups attached to an aromatic ring is 1. The van der Waals surface area contributed by atoms with Gasteiger partial charge in [0.2, 0.25) is 5.95 Å². The van der Waals surface area contributed by atoms with Gasteiger partial charge in [-0.25, -0.2) is 14.8 Å². The molecule has 10 heteroatoms. The molecule has 0 amide bonds. The quantitative estimate of drug-likeness (QED) is 0.244. The van der Waals surface area contributed by atoms with Crippen molar-refractivity contribution in [2.75, 3.05) is 50.2 Å². The maximum Gasteiger partial charge on any atom is 0.342 e. The van der Waals surface area contributed by atoms with Crippen molar-refractivity contribution in [2.24, 2.45) is 7.05 Å². The highest BCUT2D eigenvalue weighted by atomic mass is 16.5. The fourth-order valence-corrected chi connectivity index (χ4v) is 4.20. The second-order valence-corrected chi connectivity index (χ2v) is 9.98. The molecule has 38 heavy (non-hydrogen) atoms. The fraction of sp³-hybridized carbons (Fsp3) is 0.357. The number of rotatable bonds is 9. The Bertz CT molecular complexity index is 1470. The lowest BCUT2D eigenvalue weighted by Gasteiger charge is -2.24. The van der Waals surface area contributed by atoms with Gasteiger partial charge in [-0.15, -0.1) is 0 Å². The summed E-state index contributed by atoms with van der Waals surface area (Å²) in [7, 11) is 7.99. The van der Waals surface area contributed by atoms with Gasteiger partial charge in [0.1, 0.15) is 17.0 Å². The van der Waals surface area contributed by atoms with E-state index in [9.17, 15) is 4.79 Å². The molecule has 10 nitrogen and oxygen atoms in total. The number of fused-ring (bicyclic) bond motifs is 1. The minimum atomic E-state index is -0.498. The van der Waals surface area contributed by atoms with Gasteiger partial charge >= 0.3 is 5.97 Å². The number of anilines is 4. The van der Waals surface area contributed by atoms with Crippen LogP contribution in [0.4, 0.5) is 23.0 Å². The Kier molecular flexibility index (Phi) is 7.82. The number of likely N-dealkylation sites (N-methyl/N-ethyl adjacent to an activating group) is 2. The van der Waals surface area contributed by atoms with Gasteiger partial charge in [-0.2, -0.15) is 5.10 Å². The van der Waals surface area contributed by atoms with Gasteiger partial charge < -0.3 is 25.6 Å². The molecule has 0 saturated carbocycles. The third kappa shape index (κ3) is 5.70. The Balaban J connectivity index is 0.00000420. The number of esters is 1. The van der Waals surface area contributed by atoms with E-state index in [0.29, 0.717) is 23.0 Å². The molecule has 0 bridgehead atoms. The number of hydrogen-bond acceptors (Lipinski definition) is 9. The minimum Gasteiger partial charge on any atom is -0.459 e. The Morgan fingerprint density at radius 3 is 2.61 bits per heavy atom. The molecule has 4 aromatic rings. The Hall–Kier alpha value is -4.18. The van der Waals surface area contributed by atoms with Gasteiger partial charge in [-0.05, 0) is 58.6 Å². The average molecular weight is 521 g/mol. The van der Waals surface area contributed by atoms with Crippen molar-refractivity contribution in [1.82, 2.24) is 24.6 Å². The highest BCUT2D eigenvalue weighted by Gasteiger charge is 2.23. The lowest BCUT2D eigenvalue weighted by molar-refractivity contribution is 0.0378. The van der Waals surface area contributed by atoms with Crippen LogP contribution in [0.5, 0.6) is 0 Å². The molecule has 0 spiro atoms. The van der Waals surface area contributed by atoms with E-state index in [0.717, 1.165) is 40.9 Å². The molecule has 0 aliphatic carbocycles. The third-order valence-electron chi connectivity index (χ3n) is 6.25. The molecule has 0 saturated heterocycles. The molecule has 0 unspecified atom stereocenters. The molecule has 0 radical (unpaired) electrons. The second-order valence-electron chi connectivity index (χ2n) is 9.98. The largest absolute Gasteiger partial charge is 0.459 e. The van der Waals surface area contributed by atoms with E-state index in [1.807, 2.05) is 65.4 Å². The van der Waals surface area contributed by atoms with Crippen molar-refractivity contribution in [3.8, 4) is 11.4 Å². The first-order valence-corrected chi connectivity index (χ1v) is 12.6. The van der Waals surface area contributed by atoms with Crippen LogP contribution in [0.25, 0.3) is 22.3 Å². The molecule has 2 heterocycles. The van der Waals surface area contributed by atoms with Crippen LogP contribution >= 0.6 is 0 Å². The maximum atomic E-state index is 13.0. The fourth-order valence-electron chi connectivity index (χ4n) is 4.20. The van der Waals surface area contributed by atoms with Gasteiger partial charge in [0.05, 0.1) is 23.0 Å². The minimum absolute atomic E-state index is 0. The van der Waals surface area contributed by atoms with Gasteiger partial charge in [-0.3, -0.25) is 4.68 Å². The number of carbonyl (C=O) groups excluding carboxylic acids is 1. The van der Waals surface area contributed by atoms with Crippen LogP contribution in [0.15, 0.2) is 42.6 Å². The molecule has 202 valence electrons. The number of nitrogens with one attached hydrogen (secondary N) is 1. The number of nitrogens with two attached hydrogens (primary N) is 1. The predicted molar refractivity (Wildman–Crippen MR) is 155 cm³/mol. The third-order valence-corrected chi connectivity index (χ3v) is 6.25. The van der Waals surface area contributed by atoms with Crippen molar-refractivity contribution in [2.45, 2.75) is 26.9 Å². The van der Waals surface area contributed by atoms with E-state index in [1.54, 1.807) is 18.5 Å². The number of hydrogen-bond donors (Lipinski definition) is 2. The number of nitrogens with zero attached hydrogens (tertiary/aromatic N) is 6. The molecular weight excluding hydrogens is 480 g/mol. The van der Waals surface area contributed by atoms with Crippen LogP contribution in [0.2, 0.25) is 0 Å². The zero-order valence-corrected chi connectivity index (χ0v) is 23.1. The highest BCUT2D eigenvalue weighted by molar-refractivity contribution is 6.01. The summed E-state index contributed by atoms with van der Waals surface area (Å²) in [6, 6.07) is 11.8. The first kappa shape index (κ1) is 26.9. The van der Waals surface area contributed by atoms with E-state index in [2.05, 4.69) is 31.3 Å². The van der Waals surface area contributed by atoms with Gasteiger partial charge in [-0.1, -0.05) is 18.2 Å². The van der Waals surface area contributed by atoms with Crippen LogP contribution in [-0.2, 0) is 11.8 Å². The van der Waals surface area contributed by atoms with Crippen molar-refractivity contribution in [3.63, 3.8) is 0 Å². The molecule has 2 aromatic heterocycles. The molecule has 0 aliphatic heterocycles. The van der Waals surface area contributed by atoms with Crippen molar-refractivity contribution < 1.29 is 11.0 Å². The molecule has 4 rings (SSSR count). The van der Waals surface area contributed by atoms with Crippen LogP contribution < -0.4 is 16.0 Å². The molecular formula is C28H38N8O2. The van der Waals surface area contributed by atoms with E-state index in [1.165, 1.54) is 6.20 Å². The highest BCUT2D eigenvalue weighted by Crippen LogP contribution is 2.33. The van der Waals surface area contributed by atoms with Crippen molar-refractivity contribution >= 4 is 39.9 Å². The van der Waals surface area contributed by atoms with Crippen LogP contribution in [0.1, 0.15) is 31.2 Å². The van der Waals surface area contributed by atoms with Gasteiger partial charge in [0.15, 0.2) is 0 Å². The summed E-state index contributed by atoms with van der Waals surface area (Å²) in [6.07, 6.45) is 1.20. The normalized spacial score (nSPS) is 11.4. The molecule has 0 aliphatic rings. The average Bonchev–Trinajstić information content (AvgIpc) is 3.20. The Morgan fingerprint density at radius 2 is 1.89 bits per heavy atom. The zero-order chi connectivity index (χ0) is 27.6.